The van der Waals surface area contributed by atoms with E-state index >= 15 is 0 Å². The molecule has 0 atom stereocenters. The number of hydrogen-bond acceptors (Lipinski definition) is 2. The van der Waals surface area contributed by atoms with Gasteiger partial charge in [-0.2, -0.15) is 0 Å². The number of aliphatic hydroxyl groups is 1. The summed E-state index contributed by atoms with van der Waals surface area (Å²) >= 11 is 0. The summed E-state index contributed by atoms with van der Waals surface area (Å²) in [7, 11) is 0. The third-order valence-electron chi connectivity index (χ3n) is 5.13. The number of para-hydroxylation sites is 1. The Morgan fingerprint density at radius 2 is 2.04 bits per heavy atom. The lowest BCUT2D eigenvalue weighted by atomic mass is 9.83. The number of benzene rings is 1. The lowest BCUT2D eigenvalue weighted by Crippen LogP contribution is -2.39. The van der Waals surface area contributed by atoms with Gasteiger partial charge in [0.1, 0.15) is 0 Å². The number of aliphatic hydroxyl groups excluding tert-OH is 1. The number of carbonyl (C=O) groups is 1. The van der Waals surface area contributed by atoms with E-state index in [1.807, 2.05) is 12.3 Å². The lowest BCUT2D eigenvalue weighted by Gasteiger charge is -2.29. The molecular weight excluding hydrogens is 288 g/mol. The van der Waals surface area contributed by atoms with Crippen LogP contribution in [0.15, 0.2) is 24.4 Å². The first-order chi connectivity index (χ1) is 11.0. The van der Waals surface area contributed by atoms with Gasteiger partial charge in [-0.05, 0) is 37.3 Å². The molecule has 0 saturated carbocycles. The maximum atomic E-state index is 12.1. The number of nitrogens with one attached hydrogen (secondary N) is 2. The molecule has 0 radical (unpaired) electrons. The van der Waals surface area contributed by atoms with Crippen LogP contribution in [0.1, 0.15) is 44.2 Å². The van der Waals surface area contributed by atoms with Crippen LogP contribution >= 0.6 is 0 Å². The third kappa shape index (κ3) is 3.94. The van der Waals surface area contributed by atoms with Gasteiger partial charge >= 0.3 is 0 Å². The first-order valence-electron chi connectivity index (χ1n) is 8.48. The van der Waals surface area contributed by atoms with Crippen molar-refractivity contribution >= 4 is 16.8 Å². The Balaban J connectivity index is 1.92. The van der Waals surface area contributed by atoms with Crippen LogP contribution in [0.3, 0.4) is 0 Å². The van der Waals surface area contributed by atoms with Crippen LogP contribution in [0.5, 0.6) is 0 Å². The number of aromatic nitrogens is 1. The molecule has 0 aliphatic carbocycles. The fourth-order valence-corrected chi connectivity index (χ4v) is 2.97. The number of amides is 1. The van der Waals surface area contributed by atoms with Gasteiger partial charge in [-0.1, -0.05) is 32.0 Å². The molecule has 0 aliphatic rings. The molecule has 4 heteroatoms. The molecule has 1 amide bonds. The number of H-pyrrole nitrogens is 1. The SMILES string of the molecule is CCC(CC)(CO)CNC(=O)CCc1c[nH]c2c(C)cccc12. The predicted molar refractivity (Wildman–Crippen MR) is 94.5 cm³/mol. The molecule has 0 spiro atoms. The number of rotatable bonds is 8. The second kappa shape index (κ2) is 7.64. The van der Waals surface area contributed by atoms with Gasteiger partial charge in [-0.3, -0.25) is 4.79 Å². The zero-order valence-electron chi connectivity index (χ0n) is 14.4. The number of fused-ring (bicyclic) bond motifs is 1. The third-order valence-corrected chi connectivity index (χ3v) is 5.13. The summed E-state index contributed by atoms with van der Waals surface area (Å²) in [5.74, 6) is 0.0479. The van der Waals surface area contributed by atoms with E-state index in [1.54, 1.807) is 0 Å². The van der Waals surface area contributed by atoms with Gasteiger partial charge in [-0.15, -0.1) is 0 Å². The summed E-state index contributed by atoms with van der Waals surface area (Å²) < 4.78 is 0. The summed E-state index contributed by atoms with van der Waals surface area (Å²) in [5, 5.41) is 13.7. The van der Waals surface area contributed by atoms with Crippen LogP contribution < -0.4 is 5.32 Å². The van der Waals surface area contributed by atoms with Gasteiger partial charge in [0.2, 0.25) is 5.91 Å². The summed E-state index contributed by atoms with van der Waals surface area (Å²) in [6, 6.07) is 6.23. The van der Waals surface area contributed by atoms with Crippen molar-refractivity contribution in [2.45, 2.75) is 46.5 Å². The Hall–Kier alpha value is -1.81. The Bertz CT molecular complexity index is 648. The van der Waals surface area contributed by atoms with E-state index in [0.29, 0.717) is 13.0 Å². The molecular formula is C19H28N2O2. The second-order valence-corrected chi connectivity index (χ2v) is 6.45. The van der Waals surface area contributed by atoms with Crippen molar-refractivity contribution in [1.82, 2.24) is 10.3 Å². The molecule has 1 aromatic carbocycles. The molecule has 0 fully saturated rings. The Kier molecular flexibility index (Phi) is 5.83. The maximum Gasteiger partial charge on any atom is 0.220 e. The topological polar surface area (TPSA) is 65.1 Å². The Morgan fingerprint density at radius 1 is 1.30 bits per heavy atom. The minimum atomic E-state index is -0.187. The van der Waals surface area contributed by atoms with Crippen molar-refractivity contribution in [1.29, 1.82) is 0 Å². The van der Waals surface area contributed by atoms with E-state index in [4.69, 9.17) is 0 Å². The van der Waals surface area contributed by atoms with E-state index in [-0.39, 0.29) is 17.9 Å². The van der Waals surface area contributed by atoms with Crippen molar-refractivity contribution in [2.24, 2.45) is 5.41 Å². The smallest absolute Gasteiger partial charge is 0.220 e. The molecule has 0 unspecified atom stereocenters. The van der Waals surface area contributed by atoms with Gasteiger partial charge in [0.05, 0.1) is 6.61 Å². The first kappa shape index (κ1) is 17.5. The quantitative estimate of drug-likeness (QED) is 0.699. The highest BCUT2D eigenvalue weighted by atomic mass is 16.3. The average Bonchev–Trinajstić information content (AvgIpc) is 2.99. The number of hydrogen-bond donors (Lipinski definition) is 3. The van der Waals surface area contributed by atoms with Crippen molar-refractivity contribution in [3.8, 4) is 0 Å². The number of carbonyl (C=O) groups excluding carboxylic acids is 1. The van der Waals surface area contributed by atoms with Crippen molar-refractivity contribution in [3.05, 3.63) is 35.5 Å². The van der Waals surface area contributed by atoms with Crippen LogP contribution in [-0.4, -0.2) is 29.1 Å². The van der Waals surface area contributed by atoms with Gasteiger partial charge in [0.25, 0.3) is 0 Å². The predicted octanol–water partition coefficient (Wildman–Crippen LogP) is 3.32. The van der Waals surface area contributed by atoms with Gasteiger partial charge in [-0.25, -0.2) is 0 Å². The first-order valence-corrected chi connectivity index (χ1v) is 8.48. The second-order valence-electron chi connectivity index (χ2n) is 6.45. The van der Waals surface area contributed by atoms with Crippen LogP contribution in [0.2, 0.25) is 0 Å². The average molecular weight is 316 g/mol. The molecule has 126 valence electrons. The van der Waals surface area contributed by atoms with Crippen LogP contribution in [-0.2, 0) is 11.2 Å². The van der Waals surface area contributed by atoms with Gasteiger partial charge < -0.3 is 15.4 Å². The fourth-order valence-electron chi connectivity index (χ4n) is 2.97. The molecule has 1 aromatic heterocycles. The van der Waals surface area contributed by atoms with E-state index < -0.39 is 0 Å². The summed E-state index contributed by atoms with van der Waals surface area (Å²) in [6.07, 6.45) is 4.92. The monoisotopic (exact) mass is 316 g/mol. The largest absolute Gasteiger partial charge is 0.396 e. The van der Waals surface area contributed by atoms with Crippen LogP contribution in [0.4, 0.5) is 0 Å². The summed E-state index contributed by atoms with van der Waals surface area (Å²) in [4.78, 5) is 15.4. The molecule has 0 saturated heterocycles. The lowest BCUT2D eigenvalue weighted by molar-refractivity contribution is -0.121. The standard InChI is InChI=1S/C19H28N2O2/c1-4-19(5-2,13-22)12-21-17(23)10-9-15-11-20-18-14(3)7-6-8-16(15)18/h6-8,11,20,22H,4-5,9-10,12-13H2,1-3H3,(H,21,23). The zero-order chi connectivity index (χ0) is 16.9. The normalized spacial score (nSPS) is 11.8. The van der Waals surface area contributed by atoms with Gasteiger partial charge in [0, 0.05) is 35.5 Å². The Labute approximate surface area is 138 Å². The van der Waals surface area contributed by atoms with Crippen molar-refractivity contribution in [3.63, 3.8) is 0 Å². The summed E-state index contributed by atoms with van der Waals surface area (Å²) in [5.41, 5.74) is 3.36. The molecule has 3 N–H and O–H groups in total. The van der Waals surface area contributed by atoms with Crippen LogP contribution in [0.25, 0.3) is 10.9 Å². The maximum absolute atomic E-state index is 12.1. The molecule has 23 heavy (non-hydrogen) atoms. The van der Waals surface area contributed by atoms with E-state index in [9.17, 15) is 9.90 Å². The molecule has 2 rings (SSSR count). The van der Waals surface area contributed by atoms with Crippen molar-refractivity contribution in [2.75, 3.05) is 13.2 Å². The summed E-state index contributed by atoms with van der Waals surface area (Å²) in [6.45, 7) is 6.85. The van der Waals surface area contributed by atoms with E-state index in [0.717, 1.165) is 24.8 Å². The Morgan fingerprint density at radius 3 is 2.70 bits per heavy atom. The minimum Gasteiger partial charge on any atom is -0.396 e. The highest BCUT2D eigenvalue weighted by Gasteiger charge is 2.25. The number of aryl methyl sites for hydroxylation is 2. The molecule has 0 bridgehead atoms. The fraction of sp³-hybridized carbons (Fsp3) is 0.526. The van der Waals surface area contributed by atoms with E-state index in [2.05, 4.69) is 43.2 Å². The molecule has 2 aromatic rings. The van der Waals surface area contributed by atoms with Crippen LogP contribution in [0, 0.1) is 12.3 Å². The molecule has 1 heterocycles. The number of aromatic amines is 1. The van der Waals surface area contributed by atoms with Gasteiger partial charge in [0.15, 0.2) is 0 Å². The highest BCUT2D eigenvalue weighted by molar-refractivity contribution is 5.86. The molecule has 0 aliphatic heterocycles. The molecule has 4 nitrogen and oxygen atoms in total. The minimum absolute atomic E-state index is 0.0479. The van der Waals surface area contributed by atoms with E-state index in [1.165, 1.54) is 16.5 Å². The highest BCUT2D eigenvalue weighted by Crippen LogP contribution is 2.25. The van der Waals surface area contributed by atoms with Crippen molar-refractivity contribution < 1.29 is 9.90 Å². The zero-order valence-corrected chi connectivity index (χ0v) is 14.4.